The average Bonchev–Trinajstić information content (AvgIpc) is 3.00. The molecule has 0 unspecified atom stereocenters. The highest BCUT2D eigenvalue weighted by atomic mass is 16.5. The summed E-state index contributed by atoms with van der Waals surface area (Å²) in [4.78, 5) is 20.6. The van der Waals surface area contributed by atoms with Gasteiger partial charge in [0, 0.05) is 35.5 Å². The van der Waals surface area contributed by atoms with Crippen molar-refractivity contribution in [3.63, 3.8) is 0 Å². The molecular formula is C20H22N4O3. The number of benzene rings is 1. The molecule has 1 N–H and O–H groups in total. The first-order valence-electron chi connectivity index (χ1n) is 8.61. The normalized spacial score (nSPS) is 10.5. The van der Waals surface area contributed by atoms with Gasteiger partial charge in [-0.15, -0.1) is 0 Å². The Hall–Kier alpha value is -3.35. The Morgan fingerprint density at radius 2 is 1.93 bits per heavy atom. The smallest absolute Gasteiger partial charge is 0.340 e. The molecule has 1 aromatic carbocycles. The lowest BCUT2D eigenvalue weighted by Gasteiger charge is -2.11. The van der Waals surface area contributed by atoms with Crippen molar-refractivity contribution in [2.24, 2.45) is 0 Å². The van der Waals surface area contributed by atoms with Crippen molar-refractivity contribution in [1.29, 1.82) is 0 Å². The number of nitrogens with one attached hydrogen (secondary N) is 1. The van der Waals surface area contributed by atoms with Gasteiger partial charge >= 0.3 is 5.97 Å². The van der Waals surface area contributed by atoms with Crippen molar-refractivity contribution in [3.05, 3.63) is 65.7 Å². The predicted molar refractivity (Wildman–Crippen MR) is 103 cm³/mol. The van der Waals surface area contributed by atoms with Gasteiger partial charge in [0.05, 0.1) is 19.2 Å². The van der Waals surface area contributed by atoms with Gasteiger partial charge in [-0.1, -0.05) is 6.07 Å². The van der Waals surface area contributed by atoms with Crippen molar-refractivity contribution < 1.29 is 14.3 Å². The number of methoxy groups -OCH3 is 1. The van der Waals surface area contributed by atoms with E-state index in [0.29, 0.717) is 18.1 Å². The Morgan fingerprint density at radius 3 is 2.67 bits per heavy atom. The second-order valence-corrected chi connectivity index (χ2v) is 5.96. The second kappa shape index (κ2) is 8.35. The second-order valence-electron chi connectivity index (χ2n) is 5.96. The first-order chi connectivity index (χ1) is 13.1. The van der Waals surface area contributed by atoms with Gasteiger partial charge in [-0.25, -0.2) is 14.8 Å². The van der Waals surface area contributed by atoms with Crippen LogP contribution in [-0.4, -0.2) is 40.8 Å². The summed E-state index contributed by atoms with van der Waals surface area (Å²) in [6.45, 7) is 4.51. The lowest BCUT2D eigenvalue weighted by Crippen LogP contribution is -2.15. The highest BCUT2D eigenvalue weighted by Gasteiger charge is 2.18. The SMILES string of the molecule is COc1cccc(-n2c(C)cc(C(=O)OCCNc3ncccn3)c2C)c1. The van der Waals surface area contributed by atoms with E-state index in [-0.39, 0.29) is 12.6 Å². The van der Waals surface area contributed by atoms with Gasteiger partial charge in [0.1, 0.15) is 12.4 Å². The van der Waals surface area contributed by atoms with E-state index in [0.717, 1.165) is 22.8 Å². The maximum Gasteiger partial charge on any atom is 0.340 e. The molecule has 7 heteroatoms. The Bertz CT molecular complexity index is 922. The van der Waals surface area contributed by atoms with Crippen molar-refractivity contribution in [3.8, 4) is 11.4 Å². The van der Waals surface area contributed by atoms with Crippen molar-refractivity contribution in [2.75, 3.05) is 25.6 Å². The summed E-state index contributed by atoms with van der Waals surface area (Å²) in [6, 6.07) is 11.3. The molecular weight excluding hydrogens is 344 g/mol. The first kappa shape index (κ1) is 18.4. The zero-order valence-electron chi connectivity index (χ0n) is 15.6. The summed E-state index contributed by atoms with van der Waals surface area (Å²) in [5.41, 5.74) is 3.26. The number of carbonyl (C=O) groups excluding carboxylic acids is 1. The number of rotatable bonds is 7. The third-order valence-corrected chi connectivity index (χ3v) is 4.15. The molecule has 0 aliphatic heterocycles. The molecule has 3 rings (SSSR count). The number of aromatic nitrogens is 3. The summed E-state index contributed by atoms with van der Waals surface area (Å²) in [6.07, 6.45) is 3.30. The van der Waals surface area contributed by atoms with Crippen LogP contribution in [0.1, 0.15) is 21.7 Å². The number of anilines is 1. The number of nitrogens with zero attached hydrogens (tertiary/aromatic N) is 3. The van der Waals surface area contributed by atoms with Gasteiger partial charge in [-0.05, 0) is 38.1 Å². The third kappa shape index (κ3) is 4.25. The number of ether oxygens (including phenoxy) is 2. The lowest BCUT2D eigenvalue weighted by molar-refractivity contribution is 0.0519. The molecule has 0 spiro atoms. The highest BCUT2D eigenvalue weighted by molar-refractivity contribution is 5.91. The van der Waals surface area contributed by atoms with Gasteiger partial charge in [0.2, 0.25) is 5.95 Å². The van der Waals surface area contributed by atoms with Crippen molar-refractivity contribution in [1.82, 2.24) is 14.5 Å². The molecule has 0 amide bonds. The van der Waals surface area contributed by atoms with Crippen molar-refractivity contribution >= 4 is 11.9 Å². The number of esters is 1. The molecule has 0 aliphatic carbocycles. The standard InChI is InChI=1S/C20H22N4O3/c1-14-12-18(15(2)24(14)16-6-4-7-17(13-16)26-3)19(25)27-11-10-23-20-21-8-5-9-22-20/h4-9,12-13H,10-11H2,1-3H3,(H,21,22,23). The topological polar surface area (TPSA) is 78.3 Å². The summed E-state index contributed by atoms with van der Waals surface area (Å²) >= 11 is 0. The predicted octanol–water partition coefficient (Wildman–Crippen LogP) is 3.16. The van der Waals surface area contributed by atoms with E-state index in [1.165, 1.54) is 0 Å². The monoisotopic (exact) mass is 366 g/mol. The van der Waals surface area contributed by atoms with E-state index in [9.17, 15) is 4.79 Å². The minimum atomic E-state index is -0.354. The molecule has 0 saturated carbocycles. The van der Waals surface area contributed by atoms with Gasteiger partial charge in [-0.2, -0.15) is 0 Å². The summed E-state index contributed by atoms with van der Waals surface area (Å²) in [7, 11) is 1.63. The molecule has 0 bridgehead atoms. The minimum Gasteiger partial charge on any atom is -0.497 e. The number of hydrogen-bond acceptors (Lipinski definition) is 6. The van der Waals surface area contributed by atoms with Gasteiger partial charge in [0.25, 0.3) is 0 Å². The van der Waals surface area contributed by atoms with Crippen molar-refractivity contribution in [2.45, 2.75) is 13.8 Å². The zero-order chi connectivity index (χ0) is 19.2. The Morgan fingerprint density at radius 1 is 1.15 bits per heavy atom. The van der Waals surface area contributed by atoms with E-state index in [4.69, 9.17) is 9.47 Å². The Kier molecular flexibility index (Phi) is 5.71. The van der Waals surface area contributed by atoms with Gasteiger partial charge in [-0.3, -0.25) is 0 Å². The van der Waals surface area contributed by atoms with Gasteiger partial charge < -0.3 is 19.4 Å². The highest BCUT2D eigenvalue weighted by Crippen LogP contribution is 2.24. The largest absolute Gasteiger partial charge is 0.497 e. The quantitative estimate of drug-likeness (QED) is 0.511. The molecule has 0 aliphatic rings. The fourth-order valence-corrected chi connectivity index (χ4v) is 2.89. The van der Waals surface area contributed by atoms with Crippen LogP contribution in [0, 0.1) is 13.8 Å². The molecule has 0 saturated heterocycles. The molecule has 2 heterocycles. The molecule has 0 radical (unpaired) electrons. The maximum absolute atomic E-state index is 12.5. The molecule has 0 atom stereocenters. The van der Waals surface area contributed by atoms with Crippen LogP contribution in [0.25, 0.3) is 5.69 Å². The summed E-state index contributed by atoms with van der Waals surface area (Å²) in [5, 5.41) is 3.00. The maximum atomic E-state index is 12.5. The zero-order valence-corrected chi connectivity index (χ0v) is 15.6. The van der Waals surface area contributed by atoms with E-state index < -0.39 is 0 Å². The van der Waals surface area contributed by atoms with Crippen LogP contribution >= 0.6 is 0 Å². The minimum absolute atomic E-state index is 0.222. The van der Waals surface area contributed by atoms with E-state index >= 15 is 0 Å². The van der Waals surface area contributed by atoms with E-state index in [2.05, 4.69) is 15.3 Å². The number of hydrogen-bond donors (Lipinski definition) is 1. The fraction of sp³-hybridized carbons (Fsp3) is 0.250. The van der Waals surface area contributed by atoms with Crippen LogP contribution in [0.3, 0.4) is 0 Å². The fourth-order valence-electron chi connectivity index (χ4n) is 2.89. The van der Waals surface area contributed by atoms with Crippen LogP contribution in [0.5, 0.6) is 5.75 Å². The lowest BCUT2D eigenvalue weighted by atomic mass is 10.2. The third-order valence-electron chi connectivity index (χ3n) is 4.15. The van der Waals surface area contributed by atoms with Gasteiger partial charge in [0.15, 0.2) is 0 Å². The Balaban J connectivity index is 1.67. The summed E-state index contributed by atoms with van der Waals surface area (Å²) in [5.74, 6) is 0.913. The summed E-state index contributed by atoms with van der Waals surface area (Å²) < 4.78 is 12.7. The first-order valence-corrected chi connectivity index (χ1v) is 8.61. The van der Waals surface area contributed by atoms with Crippen LogP contribution in [0.15, 0.2) is 48.8 Å². The number of carbonyl (C=O) groups is 1. The molecule has 2 aromatic heterocycles. The number of aryl methyl sites for hydroxylation is 1. The molecule has 27 heavy (non-hydrogen) atoms. The molecule has 140 valence electrons. The van der Waals surface area contributed by atoms with Crippen LogP contribution in [0.4, 0.5) is 5.95 Å². The average molecular weight is 366 g/mol. The molecule has 3 aromatic rings. The van der Waals surface area contributed by atoms with E-state index in [1.54, 1.807) is 25.6 Å². The van der Waals surface area contributed by atoms with Crippen LogP contribution in [-0.2, 0) is 4.74 Å². The van der Waals surface area contributed by atoms with E-state index in [1.807, 2.05) is 48.7 Å². The molecule has 7 nitrogen and oxygen atoms in total. The van der Waals surface area contributed by atoms with Crippen LogP contribution < -0.4 is 10.1 Å². The Labute approximate surface area is 158 Å². The van der Waals surface area contributed by atoms with Crippen LogP contribution in [0.2, 0.25) is 0 Å². The molecule has 0 fully saturated rings.